The molecule has 0 saturated heterocycles. The topological polar surface area (TPSA) is 205 Å². The normalized spacial score (nSPS) is 12.9. The van der Waals surface area contributed by atoms with Gasteiger partial charge in [-0.05, 0) is 97.2 Å². The standard InChI is InChI=1S/C45H85N5O6/c1-3-4-5-12-26-42(53)35-39(24-16-19-30-47)44(55)49-33-22-11-7-9-14-28-43(54)36-40(25-17-20-31-48)45(56)50-32-21-10-6-8-13-27-41(52)34-38(37(2)51)23-15-18-29-46/h38-40H,3-36,46-48H2,1-2H3,(H,49,55)(H,50,56). The van der Waals surface area contributed by atoms with Crippen LogP contribution in [0.2, 0.25) is 0 Å². The van der Waals surface area contributed by atoms with E-state index in [1.54, 1.807) is 6.92 Å². The molecule has 56 heavy (non-hydrogen) atoms. The van der Waals surface area contributed by atoms with Crippen molar-refractivity contribution >= 4 is 34.9 Å². The number of Topliss-reactive ketones (excluding diaryl/α,β-unsaturated/α-hetero) is 4. The van der Waals surface area contributed by atoms with E-state index in [2.05, 4.69) is 17.6 Å². The lowest BCUT2D eigenvalue weighted by molar-refractivity contribution is -0.129. The van der Waals surface area contributed by atoms with E-state index in [1.165, 1.54) is 0 Å². The van der Waals surface area contributed by atoms with Gasteiger partial charge < -0.3 is 27.8 Å². The first kappa shape index (κ1) is 53.5. The molecule has 0 saturated carbocycles. The fourth-order valence-corrected chi connectivity index (χ4v) is 7.25. The van der Waals surface area contributed by atoms with Crippen LogP contribution in [0.15, 0.2) is 0 Å². The zero-order valence-electron chi connectivity index (χ0n) is 36.0. The van der Waals surface area contributed by atoms with E-state index < -0.39 is 0 Å². The Kier molecular flexibility index (Phi) is 36.3. The number of hydrogen-bond donors (Lipinski definition) is 5. The number of rotatable bonds is 42. The molecule has 0 aliphatic carbocycles. The van der Waals surface area contributed by atoms with Gasteiger partial charge >= 0.3 is 0 Å². The van der Waals surface area contributed by atoms with Crippen molar-refractivity contribution in [1.29, 1.82) is 0 Å². The fourth-order valence-electron chi connectivity index (χ4n) is 7.25. The molecular formula is C45H85N5O6. The highest BCUT2D eigenvalue weighted by atomic mass is 16.2. The van der Waals surface area contributed by atoms with E-state index >= 15 is 0 Å². The first-order valence-corrected chi connectivity index (χ1v) is 22.8. The lowest BCUT2D eigenvalue weighted by Gasteiger charge is -2.16. The zero-order chi connectivity index (χ0) is 41.7. The molecule has 0 aromatic rings. The maximum Gasteiger partial charge on any atom is 0.223 e. The lowest BCUT2D eigenvalue weighted by atomic mass is 9.91. The van der Waals surface area contributed by atoms with E-state index in [0.29, 0.717) is 77.7 Å². The summed E-state index contributed by atoms with van der Waals surface area (Å²) >= 11 is 0. The molecule has 0 spiro atoms. The van der Waals surface area contributed by atoms with Crippen molar-refractivity contribution in [3.05, 3.63) is 0 Å². The Hall–Kier alpha value is -2.50. The first-order valence-electron chi connectivity index (χ1n) is 22.8. The Morgan fingerprint density at radius 2 is 0.732 bits per heavy atom. The average molecular weight is 792 g/mol. The number of amides is 2. The number of ketones is 4. The minimum Gasteiger partial charge on any atom is -0.356 e. The highest BCUT2D eigenvalue weighted by molar-refractivity contribution is 5.88. The summed E-state index contributed by atoms with van der Waals surface area (Å²) in [5.41, 5.74) is 16.9. The summed E-state index contributed by atoms with van der Waals surface area (Å²) in [6.07, 6.45) is 23.0. The van der Waals surface area contributed by atoms with Gasteiger partial charge in [-0.25, -0.2) is 0 Å². The Balaban J connectivity index is 4.34. The maximum absolute atomic E-state index is 13.0. The van der Waals surface area contributed by atoms with Crippen molar-refractivity contribution in [2.24, 2.45) is 35.0 Å². The van der Waals surface area contributed by atoms with E-state index in [-0.39, 0.29) is 59.1 Å². The van der Waals surface area contributed by atoms with E-state index in [1.807, 2.05) is 0 Å². The van der Waals surface area contributed by atoms with E-state index in [4.69, 9.17) is 17.2 Å². The summed E-state index contributed by atoms with van der Waals surface area (Å²) in [5, 5.41) is 6.11. The van der Waals surface area contributed by atoms with Crippen LogP contribution in [0.25, 0.3) is 0 Å². The molecule has 0 aromatic carbocycles. The minimum atomic E-state index is -0.326. The SMILES string of the molecule is CCCCCCC(=O)CC(CCCCN)C(=O)NCCCCCCCC(=O)CC(CCCCN)C(=O)NCCCCCCCC(=O)CC(CCCCN)C(C)=O. The van der Waals surface area contributed by atoms with Crippen molar-refractivity contribution in [3.63, 3.8) is 0 Å². The van der Waals surface area contributed by atoms with Crippen LogP contribution in [-0.4, -0.2) is 67.7 Å². The highest BCUT2D eigenvalue weighted by Gasteiger charge is 2.23. The second kappa shape index (κ2) is 38.0. The minimum absolute atomic E-state index is 0.0219. The van der Waals surface area contributed by atoms with Crippen LogP contribution in [-0.2, 0) is 28.8 Å². The third kappa shape index (κ3) is 31.6. The van der Waals surface area contributed by atoms with Gasteiger partial charge in [0, 0.05) is 69.4 Å². The van der Waals surface area contributed by atoms with Crippen molar-refractivity contribution in [3.8, 4) is 0 Å². The lowest BCUT2D eigenvalue weighted by Crippen LogP contribution is -2.33. The molecule has 0 fully saturated rings. The number of carbonyl (C=O) groups excluding carboxylic acids is 6. The number of nitrogens with one attached hydrogen (secondary N) is 2. The molecule has 0 heterocycles. The number of unbranched alkanes of at least 4 members (excludes halogenated alkanes) is 14. The summed E-state index contributed by atoms with van der Waals surface area (Å²) < 4.78 is 0. The van der Waals surface area contributed by atoms with Crippen LogP contribution in [0.5, 0.6) is 0 Å². The fraction of sp³-hybridized carbons (Fsp3) is 0.867. The van der Waals surface area contributed by atoms with Gasteiger partial charge in [-0.2, -0.15) is 0 Å². The zero-order valence-corrected chi connectivity index (χ0v) is 36.0. The number of hydrogen-bond acceptors (Lipinski definition) is 9. The van der Waals surface area contributed by atoms with Gasteiger partial charge in [-0.3, -0.25) is 28.8 Å². The summed E-state index contributed by atoms with van der Waals surface area (Å²) in [5.74, 6) is -0.285. The predicted octanol–water partition coefficient (Wildman–Crippen LogP) is 7.57. The van der Waals surface area contributed by atoms with Crippen molar-refractivity contribution in [1.82, 2.24) is 10.6 Å². The maximum atomic E-state index is 13.0. The van der Waals surface area contributed by atoms with Crippen LogP contribution >= 0.6 is 0 Å². The van der Waals surface area contributed by atoms with E-state index in [9.17, 15) is 28.8 Å². The van der Waals surface area contributed by atoms with Crippen molar-refractivity contribution in [2.45, 2.75) is 200 Å². The largest absolute Gasteiger partial charge is 0.356 e. The quantitative estimate of drug-likeness (QED) is 0.0386. The van der Waals surface area contributed by atoms with Crippen LogP contribution < -0.4 is 27.8 Å². The van der Waals surface area contributed by atoms with Crippen LogP contribution in [0, 0.1) is 17.8 Å². The van der Waals surface area contributed by atoms with Gasteiger partial charge in [0.05, 0.1) is 0 Å². The average Bonchev–Trinajstić information content (AvgIpc) is 3.17. The molecule has 0 aliphatic rings. The molecule has 3 unspecified atom stereocenters. The van der Waals surface area contributed by atoms with Gasteiger partial charge in [0.2, 0.25) is 11.8 Å². The van der Waals surface area contributed by atoms with E-state index in [0.717, 1.165) is 135 Å². The van der Waals surface area contributed by atoms with Gasteiger partial charge in [-0.1, -0.05) is 84.0 Å². The van der Waals surface area contributed by atoms with Crippen LogP contribution in [0.3, 0.4) is 0 Å². The number of nitrogens with two attached hydrogens (primary N) is 3. The molecule has 0 aliphatic heterocycles. The Bertz CT molecular complexity index is 1050. The van der Waals surface area contributed by atoms with Gasteiger partial charge in [-0.15, -0.1) is 0 Å². The predicted molar refractivity (Wildman–Crippen MR) is 229 cm³/mol. The molecule has 2 amide bonds. The second-order valence-electron chi connectivity index (χ2n) is 16.2. The van der Waals surface area contributed by atoms with Crippen molar-refractivity contribution < 1.29 is 28.8 Å². The Morgan fingerprint density at radius 1 is 0.411 bits per heavy atom. The monoisotopic (exact) mass is 792 g/mol. The summed E-state index contributed by atoms with van der Waals surface area (Å²) in [7, 11) is 0. The Morgan fingerprint density at radius 3 is 1.09 bits per heavy atom. The molecule has 0 bridgehead atoms. The highest BCUT2D eigenvalue weighted by Crippen LogP contribution is 2.19. The second-order valence-corrected chi connectivity index (χ2v) is 16.2. The summed E-state index contributed by atoms with van der Waals surface area (Å²) in [6.45, 7) is 6.66. The molecule has 0 rings (SSSR count). The van der Waals surface area contributed by atoms with Gasteiger partial charge in [0.1, 0.15) is 23.1 Å². The molecular weight excluding hydrogens is 707 g/mol. The molecule has 8 N–H and O–H groups in total. The smallest absolute Gasteiger partial charge is 0.223 e. The third-order valence-electron chi connectivity index (χ3n) is 10.9. The first-order chi connectivity index (χ1) is 27.1. The molecule has 11 heteroatoms. The third-order valence-corrected chi connectivity index (χ3v) is 10.9. The molecule has 0 aromatic heterocycles. The summed E-state index contributed by atoms with van der Waals surface area (Å²) in [6, 6.07) is 0. The molecule has 11 nitrogen and oxygen atoms in total. The Labute approximate surface area is 341 Å². The number of carbonyl (C=O) groups is 6. The van der Waals surface area contributed by atoms with Crippen molar-refractivity contribution in [2.75, 3.05) is 32.7 Å². The summed E-state index contributed by atoms with van der Waals surface area (Å²) in [4.78, 5) is 75.6. The van der Waals surface area contributed by atoms with Gasteiger partial charge in [0.15, 0.2) is 0 Å². The molecule has 3 atom stereocenters. The molecule has 0 radical (unpaired) electrons. The van der Waals surface area contributed by atoms with Crippen LogP contribution in [0.4, 0.5) is 0 Å². The molecule has 326 valence electrons. The van der Waals surface area contributed by atoms with Gasteiger partial charge in [0.25, 0.3) is 0 Å². The van der Waals surface area contributed by atoms with Crippen LogP contribution in [0.1, 0.15) is 200 Å².